The molecule has 2 rings (SSSR count). The Hall–Kier alpha value is -3.12. The van der Waals surface area contributed by atoms with Crippen molar-refractivity contribution in [3.63, 3.8) is 0 Å². The Morgan fingerprint density at radius 1 is 1.03 bits per heavy atom. The molecule has 6 nitrogen and oxygen atoms in total. The number of methoxy groups -OCH3 is 1. The van der Waals surface area contributed by atoms with Gasteiger partial charge in [-0.15, -0.1) is 0 Å². The Labute approximate surface area is 172 Å². The standard InChI is InChI=1S/C23H29N3O3/c1-17-6-10-19(11-7-17)22(27)25-21(23(28)24-14-5-15-26(2)3)16-18-8-12-20(29-4)13-9-18/h6-13,16H,5,14-15H2,1-4H3,(H,24,28)(H,25,27)/b21-16-. The summed E-state index contributed by atoms with van der Waals surface area (Å²) in [6.45, 7) is 3.35. The van der Waals surface area contributed by atoms with E-state index in [1.54, 1.807) is 37.5 Å². The second-order valence-electron chi connectivity index (χ2n) is 7.06. The predicted molar refractivity (Wildman–Crippen MR) is 116 cm³/mol. The largest absolute Gasteiger partial charge is 0.497 e. The molecule has 2 amide bonds. The van der Waals surface area contributed by atoms with Gasteiger partial charge in [-0.25, -0.2) is 0 Å². The van der Waals surface area contributed by atoms with Crippen LogP contribution in [-0.2, 0) is 4.79 Å². The minimum absolute atomic E-state index is 0.200. The highest BCUT2D eigenvalue weighted by molar-refractivity contribution is 6.05. The van der Waals surface area contributed by atoms with Crippen molar-refractivity contribution in [3.8, 4) is 5.75 Å². The van der Waals surface area contributed by atoms with Crippen LogP contribution in [0.1, 0.15) is 27.9 Å². The Morgan fingerprint density at radius 2 is 1.69 bits per heavy atom. The summed E-state index contributed by atoms with van der Waals surface area (Å²) in [5.74, 6) is 0.0776. The van der Waals surface area contributed by atoms with Crippen molar-refractivity contribution in [2.75, 3.05) is 34.3 Å². The summed E-state index contributed by atoms with van der Waals surface area (Å²) in [7, 11) is 5.57. The molecular weight excluding hydrogens is 366 g/mol. The van der Waals surface area contributed by atoms with E-state index in [1.165, 1.54) is 0 Å². The van der Waals surface area contributed by atoms with Gasteiger partial charge in [-0.1, -0.05) is 29.8 Å². The Morgan fingerprint density at radius 3 is 2.28 bits per heavy atom. The smallest absolute Gasteiger partial charge is 0.267 e. The molecule has 0 aliphatic rings. The van der Waals surface area contributed by atoms with Gasteiger partial charge in [-0.2, -0.15) is 0 Å². The van der Waals surface area contributed by atoms with Gasteiger partial charge in [0.15, 0.2) is 0 Å². The zero-order chi connectivity index (χ0) is 21.2. The zero-order valence-corrected chi connectivity index (χ0v) is 17.5. The van der Waals surface area contributed by atoms with Crippen molar-refractivity contribution in [2.45, 2.75) is 13.3 Å². The Kier molecular flexibility index (Phi) is 8.43. The molecule has 0 aromatic heterocycles. The first-order valence-corrected chi connectivity index (χ1v) is 9.55. The molecule has 0 aliphatic carbocycles. The highest BCUT2D eigenvalue weighted by Crippen LogP contribution is 2.14. The molecule has 29 heavy (non-hydrogen) atoms. The first kappa shape index (κ1) is 22.2. The fourth-order valence-electron chi connectivity index (χ4n) is 2.62. The van der Waals surface area contributed by atoms with Crippen molar-refractivity contribution < 1.29 is 14.3 Å². The van der Waals surface area contributed by atoms with Gasteiger partial charge in [-0.05, 0) is 69.9 Å². The van der Waals surface area contributed by atoms with Gasteiger partial charge in [-0.3, -0.25) is 9.59 Å². The van der Waals surface area contributed by atoms with Gasteiger partial charge < -0.3 is 20.3 Å². The monoisotopic (exact) mass is 395 g/mol. The molecule has 0 spiro atoms. The van der Waals surface area contributed by atoms with Crippen LogP contribution >= 0.6 is 0 Å². The summed E-state index contributed by atoms with van der Waals surface area (Å²) in [5.41, 5.74) is 2.55. The SMILES string of the molecule is COc1ccc(/C=C(\NC(=O)c2ccc(C)cc2)C(=O)NCCCN(C)C)cc1. The number of nitrogens with zero attached hydrogens (tertiary/aromatic N) is 1. The molecule has 2 aromatic carbocycles. The van der Waals surface area contributed by atoms with E-state index in [2.05, 4.69) is 15.5 Å². The van der Waals surface area contributed by atoms with E-state index < -0.39 is 0 Å². The molecule has 0 aliphatic heterocycles. The average Bonchev–Trinajstić information content (AvgIpc) is 2.71. The number of carbonyl (C=O) groups is 2. The van der Waals surface area contributed by atoms with E-state index in [4.69, 9.17) is 4.74 Å². The summed E-state index contributed by atoms with van der Waals surface area (Å²) < 4.78 is 5.16. The van der Waals surface area contributed by atoms with Crippen LogP contribution in [0.3, 0.4) is 0 Å². The van der Waals surface area contributed by atoms with Crippen molar-refractivity contribution in [1.29, 1.82) is 0 Å². The number of rotatable bonds is 9. The lowest BCUT2D eigenvalue weighted by molar-refractivity contribution is -0.117. The molecule has 0 heterocycles. The first-order valence-electron chi connectivity index (χ1n) is 9.55. The number of nitrogens with one attached hydrogen (secondary N) is 2. The molecule has 2 N–H and O–H groups in total. The predicted octanol–water partition coefficient (Wildman–Crippen LogP) is 2.84. The van der Waals surface area contributed by atoms with Crippen LogP contribution in [-0.4, -0.2) is 51.0 Å². The third-order valence-corrected chi connectivity index (χ3v) is 4.30. The van der Waals surface area contributed by atoms with Crippen LogP contribution in [0, 0.1) is 6.92 Å². The van der Waals surface area contributed by atoms with E-state index in [9.17, 15) is 9.59 Å². The van der Waals surface area contributed by atoms with Crippen LogP contribution in [0.2, 0.25) is 0 Å². The highest BCUT2D eigenvalue weighted by atomic mass is 16.5. The van der Waals surface area contributed by atoms with Crippen LogP contribution in [0.25, 0.3) is 6.08 Å². The van der Waals surface area contributed by atoms with E-state index in [-0.39, 0.29) is 17.5 Å². The van der Waals surface area contributed by atoms with Crippen molar-refractivity contribution in [2.24, 2.45) is 0 Å². The lowest BCUT2D eigenvalue weighted by atomic mass is 10.1. The lowest BCUT2D eigenvalue weighted by Gasteiger charge is -2.13. The molecule has 0 atom stereocenters. The van der Waals surface area contributed by atoms with E-state index >= 15 is 0 Å². The maximum Gasteiger partial charge on any atom is 0.267 e. The molecule has 2 aromatic rings. The van der Waals surface area contributed by atoms with Gasteiger partial charge >= 0.3 is 0 Å². The minimum Gasteiger partial charge on any atom is -0.497 e. The normalized spacial score (nSPS) is 11.3. The molecule has 154 valence electrons. The number of ether oxygens (including phenoxy) is 1. The van der Waals surface area contributed by atoms with Crippen molar-refractivity contribution in [3.05, 3.63) is 70.9 Å². The molecule has 0 radical (unpaired) electrons. The van der Waals surface area contributed by atoms with Crippen LogP contribution in [0.5, 0.6) is 5.75 Å². The lowest BCUT2D eigenvalue weighted by Crippen LogP contribution is -2.36. The number of carbonyl (C=O) groups excluding carboxylic acids is 2. The third kappa shape index (κ3) is 7.43. The van der Waals surface area contributed by atoms with Crippen molar-refractivity contribution >= 4 is 17.9 Å². The van der Waals surface area contributed by atoms with Gasteiger partial charge in [0.2, 0.25) is 0 Å². The third-order valence-electron chi connectivity index (χ3n) is 4.30. The first-order chi connectivity index (χ1) is 13.9. The van der Waals surface area contributed by atoms with E-state index in [0.29, 0.717) is 12.1 Å². The van der Waals surface area contributed by atoms with Crippen LogP contribution in [0.4, 0.5) is 0 Å². The van der Waals surface area contributed by atoms with Crippen molar-refractivity contribution in [1.82, 2.24) is 15.5 Å². The van der Waals surface area contributed by atoms with Gasteiger partial charge in [0, 0.05) is 12.1 Å². The second-order valence-corrected chi connectivity index (χ2v) is 7.06. The minimum atomic E-state index is -0.326. The zero-order valence-electron chi connectivity index (χ0n) is 17.5. The molecule has 6 heteroatoms. The maximum atomic E-state index is 12.7. The fraction of sp³-hybridized carbons (Fsp3) is 0.304. The number of aryl methyl sites for hydroxylation is 1. The molecular formula is C23H29N3O3. The molecule has 0 saturated carbocycles. The van der Waals surface area contributed by atoms with Crippen LogP contribution < -0.4 is 15.4 Å². The Bertz CT molecular complexity index is 841. The quantitative estimate of drug-likeness (QED) is 0.506. The topological polar surface area (TPSA) is 70.7 Å². The van der Waals surface area contributed by atoms with Crippen LogP contribution in [0.15, 0.2) is 54.2 Å². The summed E-state index contributed by atoms with van der Waals surface area (Å²) in [4.78, 5) is 27.4. The summed E-state index contributed by atoms with van der Waals surface area (Å²) >= 11 is 0. The summed E-state index contributed by atoms with van der Waals surface area (Å²) in [6.07, 6.45) is 2.48. The van der Waals surface area contributed by atoms with E-state index in [0.717, 1.165) is 29.8 Å². The molecule has 0 unspecified atom stereocenters. The summed E-state index contributed by atoms with van der Waals surface area (Å²) in [5, 5.41) is 5.62. The number of hydrogen-bond donors (Lipinski definition) is 2. The molecule has 0 fully saturated rings. The molecule has 0 saturated heterocycles. The number of benzene rings is 2. The van der Waals surface area contributed by atoms with E-state index in [1.807, 2.05) is 45.3 Å². The second kappa shape index (κ2) is 11.0. The van der Waals surface area contributed by atoms with Gasteiger partial charge in [0.1, 0.15) is 11.4 Å². The van der Waals surface area contributed by atoms with Gasteiger partial charge in [0.25, 0.3) is 11.8 Å². The highest BCUT2D eigenvalue weighted by Gasteiger charge is 2.14. The Balaban J connectivity index is 2.16. The number of hydrogen-bond acceptors (Lipinski definition) is 4. The summed E-state index contributed by atoms with van der Waals surface area (Å²) in [6, 6.07) is 14.5. The molecule has 0 bridgehead atoms. The number of amides is 2. The fourth-order valence-corrected chi connectivity index (χ4v) is 2.62. The average molecular weight is 396 g/mol. The maximum absolute atomic E-state index is 12.7. The van der Waals surface area contributed by atoms with Gasteiger partial charge in [0.05, 0.1) is 7.11 Å².